The van der Waals surface area contributed by atoms with Crippen molar-refractivity contribution < 1.29 is 0 Å². The van der Waals surface area contributed by atoms with E-state index in [1.807, 2.05) is 0 Å². The summed E-state index contributed by atoms with van der Waals surface area (Å²) in [7, 11) is -0.558. The van der Waals surface area contributed by atoms with Crippen LogP contribution < -0.4 is 0 Å². The van der Waals surface area contributed by atoms with E-state index in [1.165, 1.54) is 0 Å². The number of rotatable bonds is 1. The molecule has 0 bridgehead atoms. The predicted molar refractivity (Wildman–Crippen MR) is 49.7 cm³/mol. The van der Waals surface area contributed by atoms with Crippen molar-refractivity contribution in [2.45, 2.75) is 27.3 Å². The lowest BCUT2D eigenvalue weighted by molar-refractivity contribution is 0.788. The molecule has 1 aliphatic heterocycles. The van der Waals surface area contributed by atoms with Crippen molar-refractivity contribution in [3.05, 3.63) is 22.5 Å². The van der Waals surface area contributed by atoms with Gasteiger partial charge in [0.2, 0.25) is 0 Å². The maximum atomic E-state index is 2.42. The second kappa shape index (κ2) is 2.75. The first-order valence-corrected chi connectivity index (χ1v) is 6.41. The molecule has 0 spiro atoms. The smallest absolute Gasteiger partial charge is 0.0859 e. The third-order valence-corrected chi connectivity index (χ3v) is 4.79. The highest BCUT2D eigenvalue weighted by Gasteiger charge is 2.14. The van der Waals surface area contributed by atoms with Crippen molar-refractivity contribution in [2.24, 2.45) is 5.92 Å². The monoisotopic (exact) mass is 152 g/mol. The maximum Gasteiger partial charge on any atom is 0.0859 e. The molecule has 1 atom stereocenters. The van der Waals surface area contributed by atoms with Crippen LogP contribution in [0.3, 0.4) is 0 Å². The van der Waals surface area contributed by atoms with Crippen LogP contribution in [0.15, 0.2) is 22.5 Å². The summed E-state index contributed by atoms with van der Waals surface area (Å²) < 4.78 is 0. The SMILES string of the molecule is CC1=C(C(C)C)C=C[SiH]1C. The third kappa shape index (κ3) is 1.24. The molecule has 1 rings (SSSR count). The molecule has 0 nitrogen and oxygen atoms in total. The fourth-order valence-electron chi connectivity index (χ4n) is 1.43. The Morgan fingerprint density at radius 2 is 2.00 bits per heavy atom. The van der Waals surface area contributed by atoms with Crippen LogP contribution in [0.25, 0.3) is 0 Å². The normalized spacial score (nSPS) is 25.1. The highest BCUT2D eigenvalue weighted by atomic mass is 28.3. The largest absolute Gasteiger partial charge is 0.0932 e. The van der Waals surface area contributed by atoms with Gasteiger partial charge in [-0.1, -0.05) is 42.9 Å². The van der Waals surface area contributed by atoms with Gasteiger partial charge < -0.3 is 0 Å². The zero-order chi connectivity index (χ0) is 7.72. The minimum absolute atomic E-state index is 0.558. The van der Waals surface area contributed by atoms with E-state index in [0.717, 1.165) is 5.92 Å². The third-order valence-electron chi connectivity index (χ3n) is 2.32. The van der Waals surface area contributed by atoms with Crippen molar-refractivity contribution >= 4 is 8.80 Å². The van der Waals surface area contributed by atoms with E-state index in [2.05, 4.69) is 39.1 Å². The Kier molecular flexibility index (Phi) is 2.14. The van der Waals surface area contributed by atoms with Crippen LogP contribution in [-0.4, -0.2) is 8.80 Å². The summed E-state index contributed by atoms with van der Waals surface area (Å²) in [6, 6.07) is 0. The Hall–Kier alpha value is -0.303. The molecular weight excluding hydrogens is 136 g/mol. The molecule has 1 heteroatoms. The van der Waals surface area contributed by atoms with Crippen LogP contribution in [0.5, 0.6) is 0 Å². The predicted octanol–water partition coefficient (Wildman–Crippen LogP) is 2.46. The molecule has 0 saturated carbocycles. The molecule has 56 valence electrons. The van der Waals surface area contributed by atoms with Crippen molar-refractivity contribution in [3.8, 4) is 0 Å². The average Bonchev–Trinajstić information content (AvgIpc) is 2.14. The van der Waals surface area contributed by atoms with Gasteiger partial charge in [-0.2, -0.15) is 0 Å². The molecule has 1 aliphatic rings. The Morgan fingerprint density at radius 1 is 1.40 bits per heavy atom. The molecule has 10 heavy (non-hydrogen) atoms. The van der Waals surface area contributed by atoms with E-state index in [4.69, 9.17) is 0 Å². The minimum atomic E-state index is -0.558. The summed E-state index contributed by atoms with van der Waals surface area (Å²) in [5.41, 5.74) is 4.02. The van der Waals surface area contributed by atoms with Crippen molar-refractivity contribution in [1.82, 2.24) is 0 Å². The second-order valence-corrected chi connectivity index (χ2v) is 6.27. The quantitative estimate of drug-likeness (QED) is 0.506. The second-order valence-electron chi connectivity index (χ2n) is 3.44. The lowest BCUT2D eigenvalue weighted by Gasteiger charge is -2.07. The van der Waals surface area contributed by atoms with Gasteiger partial charge in [0.15, 0.2) is 0 Å². The molecule has 0 amide bonds. The zero-order valence-electron chi connectivity index (χ0n) is 7.31. The Bertz CT molecular complexity index is 187. The Labute approximate surface area is 65.3 Å². The minimum Gasteiger partial charge on any atom is -0.0932 e. The van der Waals surface area contributed by atoms with Gasteiger partial charge in [0, 0.05) is 0 Å². The van der Waals surface area contributed by atoms with Gasteiger partial charge in [0.05, 0.1) is 8.80 Å². The number of allylic oxidation sites excluding steroid dienone is 3. The van der Waals surface area contributed by atoms with Gasteiger partial charge in [0.25, 0.3) is 0 Å². The molecule has 1 heterocycles. The summed E-state index contributed by atoms with van der Waals surface area (Å²) in [5, 5.41) is 1.69. The van der Waals surface area contributed by atoms with Crippen LogP contribution in [0.1, 0.15) is 20.8 Å². The van der Waals surface area contributed by atoms with Crippen LogP contribution in [0, 0.1) is 5.92 Å². The van der Waals surface area contributed by atoms with Gasteiger partial charge in [-0.3, -0.25) is 0 Å². The molecule has 0 aromatic rings. The average molecular weight is 152 g/mol. The van der Waals surface area contributed by atoms with Crippen LogP contribution >= 0.6 is 0 Å². The van der Waals surface area contributed by atoms with E-state index in [0.29, 0.717) is 0 Å². The fourth-order valence-corrected chi connectivity index (χ4v) is 3.17. The Balaban J connectivity index is 2.85. The molecule has 0 saturated heterocycles. The summed E-state index contributed by atoms with van der Waals surface area (Å²) >= 11 is 0. The fraction of sp³-hybridized carbons (Fsp3) is 0.556. The first-order chi connectivity index (χ1) is 4.63. The van der Waals surface area contributed by atoms with Crippen LogP contribution in [0.2, 0.25) is 6.55 Å². The van der Waals surface area contributed by atoms with Crippen LogP contribution in [0.4, 0.5) is 0 Å². The molecule has 0 aromatic carbocycles. The molecule has 0 aromatic heterocycles. The van der Waals surface area contributed by atoms with E-state index in [-0.39, 0.29) is 0 Å². The highest BCUT2D eigenvalue weighted by Crippen LogP contribution is 2.23. The van der Waals surface area contributed by atoms with E-state index in [1.54, 1.807) is 10.8 Å². The standard InChI is InChI=1S/C9H16Si/c1-7(2)9-5-6-10(4)8(9)3/h5-7,10H,1-4H3. The zero-order valence-corrected chi connectivity index (χ0v) is 8.46. The molecule has 0 radical (unpaired) electrons. The molecule has 0 N–H and O–H groups in total. The lowest BCUT2D eigenvalue weighted by Crippen LogP contribution is -2.03. The number of hydrogen-bond acceptors (Lipinski definition) is 0. The van der Waals surface area contributed by atoms with Crippen LogP contribution in [-0.2, 0) is 0 Å². The summed E-state index contributed by atoms with van der Waals surface area (Å²) in [6.45, 7) is 9.23. The maximum absolute atomic E-state index is 2.42. The van der Waals surface area contributed by atoms with Crippen molar-refractivity contribution in [2.75, 3.05) is 0 Å². The van der Waals surface area contributed by atoms with Crippen molar-refractivity contribution in [1.29, 1.82) is 0 Å². The molecular formula is C9H16Si. The summed E-state index contributed by atoms with van der Waals surface area (Å²) in [6.07, 6.45) is 2.33. The highest BCUT2D eigenvalue weighted by molar-refractivity contribution is 6.71. The van der Waals surface area contributed by atoms with Gasteiger partial charge in [-0.15, -0.1) is 0 Å². The topological polar surface area (TPSA) is 0 Å². The Morgan fingerprint density at radius 3 is 2.20 bits per heavy atom. The molecule has 0 aliphatic carbocycles. The van der Waals surface area contributed by atoms with E-state index in [9.17, 15) is 0 Å². The van der Waals surface area contributed by atoms with Gasteiger partial charge in [-0.05, 0) is 12.8 Å². The molecule has 0 fully saturated rings. The van der Waals surface area contributed by atoms with E-state index >= 15 is 0 Å². The lowest BCUT2D eigenvalue weighted by atomic mass is 10.0. The first-order valence-electron chi connectivity index (χ1n) is 4.01. The summed E-state index contributed by atoms with van der Waals surface area (Å²) in [4.78, 5) is 0. The number of hydrogen-bond donors (Lipinski definition) is 0. The molecule has 1 unspecified atom stereocenters. The van der Waals surface area contributed by atoms with E-state index < -0.39 is 8.80 Å². The van der Waals surface area contributed by atoms with Gasteiger partial charge >= 0.3 is 0 Å². The van der Waals surface area contributed by atoms with Gasteiger partial charge in [0.1, 0.15) is 0 Å². The summed E-state index contributed by atoms with van der Waals surface area (Å²) in [5.74, 6) is 0.730. The van der Waals surface area contributed by atoms with Gasteiger partial charge in [-0.25, -0.2) is 0 Å². The van der Waals surface area contributed by atoms with Crippen molar-refractivity contribution in [3.63, 3.8) is 0 Å². The first kappa shape index (κ1) is 7.80.